The van der Waals surface area contributed by atoms with Crippen molar-refractivity contribution in [3.63, 3.8) is 0 Å². The molecule has 1 aromatic carbocycles. The normalized spacial score (nSPS) is 11.4. The Kier molecular flexibility index (Phi) is 4.02. The third-order valence-electron chi connectivity index (χ3n) is 3.00. The lowest BCUT2D eigenvalue weighted by Gasteiger charge is -2.12. The highest BCUT2D eigenvalue weighted by Crippen LogP contribution is 2.27. The zero-order valence-corrected chi connectivity index (χ0v) is 13.4. The molecule has 0 unspecified atom stereocenters. The lowest BCUT2D eigenvalue weighted by atomic mass is 10.1. The minimum atomic E-state index is -3.80. The fraction of sp³-hybridized carbons (Fsp3) is 0.231. The predicted octanol–water partition coefficient (Wildman–Crippen LogP) is 2.35. The molecule has 0 amide bonds. The molecule has 0 atom stereocenters. The molecule has 8 heteroatoms. The number of nitrogens with two attached hydrogens (primary N) is 1. The fourth-order valence-electron chi connectivity index (χ4n) is 1.90. The number of ketones is 1. The van der Waals surface area contributed by atoms with Crippen LogP contribution in [0.4, 0.5) is 10.8 Å². The number of hydrogen-bond acceptors (Lipinski definition) is 6. The highest BCUT2D eigenvalue weighted by Gasteiger charge is 2.22. The van der Waals surface area contributed by atoms with Gasteiger partial charge in [-0.3, -0.25) is 9.52 Å². The highest BCUT2D eigenvalue weighted by molar-refractivity contribution is 7.93. The summed E-state index contributed by atoms with van der Waals surface area (Å²) in [6.07, 6.45) is 0. The summed E-state index contributed by atoms with van der Waals surface area (Å²) in [6, 6.07) is 3.32. The number of carbonyl (C=O) groups is 1. The number of nitrogens with one attached hydrogen (secondary N) is 1. The largest absolute Gasteiger partial charge is 0.398 e. The van der Waals surface area contributed by atoms with Gasteiger partial charge in [-0.15, -0.1) is 11.3 Å². The predicted molar refractivity (Wildman–Crippen MR) is 83.3 cm³/mol. The van der Waals surface area contributed by atoms with Crippen molar-refractivity contribution in [1.29, 1.82) is 0 Å². The van der Waals surface area contributed by atoms with Crippen LogP contribution in [0.2, 0.25) is 0 Å². The van der Waals surface area contributed by atoms with E-state index in [4.69, 9.17) is 5.73 Å². The van der Waals surface area contributed by atoms with Gasteiger partial charge in [-0.2, -0.15) is 0 Å². The van der Waals surface area contributed by atoms with Gasteiger partial charge in [-0.05, 0) is 31.0 Å². The molecule has 0 radical (unpaired) electrons. The minimum Gasteiger partial charge on any atom is -0.398 e. The van der Waals surface area contributed by atoms with E-state index in [2.05, 4.69) is 9.71 Å². The van der Waals surface area contributed by atoms with Crippen LogP contribution in [0.1, 0.15) is 28.5 Å². The van der Waals surface area contributed by atoms with Gasteiger partial charge in [0.05, 0.1) is 4.90 Å². The second-order valence-corrected chi connectivity index (χ2v) is 7.10. The molecular formula is C13H15N3O3S2. The molecule has 0 saturated heterocycles. The molecule has 3 N–H and O–H groups in total. The Labute approximate surface area is 127 Å². The first-order valence-electron chi connectivity index (χ1n) is 6.07. The molecule has 21 heavy (non-hydrogen) atoms. The number of hydrogen-bond donors (Lipinski definition) is 2. The van der Waals surface area contributed by atoms with Gasteiger partial charge in [0.25, 0.3) is 10.0 Å². The SMILES string of the molecule is CC(=O)c1csc(NS(=O)(=O)c2c(C)ccc(N)c2C)n1. The molecule has 0 aliphatic heterocycles. The zero-order chi connectivity index (χ0) is 15.8. The molecule has 0 aliphatic carbocycles. The van der Waals surface area contributed by atoms with Crippen molar-refractivity contribution < 1.29 is 13.2 Å². The van der Waals surface area contributed by atoms with Gasteiger partial charge >= 0.3 is 0 Å². The van der Waals surface area contributed by atoms with Crippen molar-refractivity contribution in [2.75, 3.05) is 10.5 Å². The van der Waals surface area contributed by atoms with Crippen molar-refractivity contribution >= 4 is 38.0 Å². The van der Waals surface area contributed by atoms with Crippen LogP contribution in [0.25, 0.3) is 0 Å². The number of aryl methyl sites for hydroxylation is 1. The van der Waals surface area contributed by atoms with Crippen LogP contribution in [0.3, 0.4) is 0 Å². The van der Waals surface area contributed by atoms with Crippen molar-refractivity contribution in [2.24, 2.45) is 0 Å². The fourth-order valence-corrected chi connectivity index (χ4v) is 4.41. The van der Waals surface area contributed by atoms with Gasteiger partial charge in [0.15, 0.2) is 10.9 Å². The summed E-state index contributed by atoms with van der Waals surface area (Å²) in [4.78, 5) is 15.3. The Morgan fingerprint density at radius 1 is 1.33 bits per heavy atom. The van der Waals surface area contributed by atoms with E-state index in [0.717, 1.165) is 11.3 Å². The van der Waals surface area contributed by atoms with Gasteiger partial charge in [0.2, 0.25) is 0 Å². The second-order valence-electron chi connectivity index (χ2n) is 4.63. The van der Waals surface area contributed by atoms with Crippen LogP contribution in [-0.4, -0.2) is 19.2 Å². The summed E-state index contributed by atoms with van der Waals surface area (Å²) >= 11 is 1.06. The Morgan fingerprint density at radius 2 is 2.00 bits per heavy atom. The molecule has 0 bridgehead atoms. The van der Waals surface area contributed by atoms with Crippen LogP contribution in [0.5, 0.6) is 0 Å². The summed E-state index contributed by atoms with van der Waals surface area (Å²) in [5.74, 6) is -0.215. The number of sulfonamides is 1. The molecule has 1 heterocycles. The van der Waals surface area contributed by atoms with Crippen molar-refractivity contribution in [3.05, 3.63) is 34.3 Å². The van der Waals surface area contributed by atoms with Crippen molar-refractivity contribution in [3.8, 4) is 0 Å². The molecule has 0 fully saturated rings. The minimum absolute atomic E-state index is 0.141. The van der Waals surface area contributed by atoms with Gasteiger partial charge in [-0.1, -0.05) is 6.07 Å². The zero-order valence-electron chi connectivity index (χ0n) is 11.8. The topological polar surface area (TPSA) is 102 Å². The maximum atomic E-state index is 12.5. The summed E-state index contributed by atoms with van der Waals surface area (Å²) < 4.78 is 27.4. The Hall–Kier alpha value is -1.93. The number of thiazole rings is 1. The van der Waals surface area contributed by atoms with Crippen LogP contribution < -0.4 is 10.5 Å². The van der Waals surface area contributed by atoms with Gasteiger partial charge in [0, 0.05) is 18.0 Å². The molecule has 2 rings (SSSR count). The van der Waals surface area contributed by atoms with E-state index in [0.29, 0.717) is 16.8 Å². The number of nitrogen functional groups attached to an aromatic ring is 1. The Balaban J connectivity index is 2.43. The van der Waals surface area contributed by atoms with E-state index in [1.807, 2.05) is 0 Å². The third kappa shape index (κ3) is 3.06. The van der Waals surface area contributed by atoms with E-state index < -0.39 is 10.0 Å². The number of anilines is 2. The number of rotatable bonds is 4. The van der Waals surface area contributed by atoms with Crippen LogP contribution in [0, 0.1) is 13.8 Å². The number of carbonyl (C=O) groups excluding carboxylic acids is 1. The number of aromatic nitrogens is 1. The smallest absolute Gasteiger partial charge is 0.264 e. The molecule has 112 valence electrons. The number of benzene rings is 1. The lowest BCUT2D eigenvalue weighted by molar-refractivity contribution is 0.101. The Morgan fingerprint density at radius 3 is 2.57 bits per heavy atom. The molecule has 0 aliphatic rings. The molecule has 2 aromatic rings. The maximum absolute atomic E-state index is 12.5. The summed E-state index contributed by atoms with van der Waals surface area (Å²) in [6.45, 7) is 4.73. The average Bonchev–Trinajstić information content (AvgIpc) is 2.82. The average molecular weight is 325 g/mol. The first-order valence-corrected chi connectivity index (χ1v) is 8.43. The molecule has 0 saturated carbocycles. The second kappa shape index (κ2) is 5.45. The molecule has 0 spiro atoms. The van der Waals surface area contributed by atoms with Gasteiger partial charge in [-0.25, -0.2) is 13.4 Å². The van der Waals surface area contributed by atoms with Crippen molar-refractivity contribution in [2.45, 2.75) is 25.7 Å². The van der Waals surface area contributed by atoms with E-state index in [9.17, 15) is 13.2 Å². The van der Waals surface area contributed by atoms with E-state index in [-0.39, 0.29) is 21.5 Å². The van der Waals surface area contributed by atoms with Crippen LogP contribution in [0.15, 0.2) is 22.4 Å². The first-order chi connectivity index (χ1) is 9.72. The lowest BCUT2D eigenvalue weighted by Crippen LogP contribution is -2.16. The number of nitrogens with zero attached hydrogens (tertiary/aromatic N) is 1. The van der Waals surface area contributed by atoms with Gasteiger partial charge in [0.1, 0.15) is 5.69 Å². The maximum Gasteiger partial charge on any atom is 0.264 e. The van der Waals surface area contributed by atoms with Gasteiger partial charge < -0.3 is 5.73 Å². The Bertz CT molecular complexity index is 810. The number of Topliss-reactive ketones (excluding diaryl/α,β-unsaturated/α-hetero) is 1. The summed E-state index contributed by atoms with van der Waals surface area (Å²) in [5.41, 5.74) is 7.50. The standard InChI is InChI=1S/C13H15N3O3S2/c1-7-4-5-10(14)8(2)12(7)21(18,19)16-13-15-11(6-20-13)9(3)17/h4-6H,14H2,1-3H3,(H,15,16). The van der Waals surface area contributed by atoms with Crippen molar-refractivity contribution in [1.82, 2.24) is 4.98 Å². The summed E-state index contributed by atoms with van der Waals surface area (Å²) in [7, 11) is -3.80. The monoisotopic (exact) mass is 325 g/mol. The van der Waals surface area contributed by atoms with E-state index in [1.165, 1.54) is 12.3 Å². The van der Waals surface area contributed by atoms with Crippen LogP contribution >= 0.6 is 11.3 Å². The van der Waals surface area contributed by atoms with E-state index in [1.54, 1.807) is 26.0 Å². The quantitative estimate of drug-likeness (QED) is 0.663. The highest BCUT2D eigenvalue weighted by atomic mass is 32.2. The third-order valence-corrected chi connectivity index (χ3v) is 5.51. The van der Waals surface area contributed by atoms with Crippen LogP contribution in [-0.2, 0) is 10.0 Å². The van der Waals surface area contributed by atoms with E-state index >= 15 is 0 Å². The molecule has 1 aromatic heterocycles. The summed E-state index contributed by atoms with van der Waals surface area (Å²) in [5, 5.41) is 1.67. The molecule has 6 nitrogen and oxygen atoms in total. The first kappa shape index (κ1) is 15.5. The molecular weight excluding hydrogens is 310 g/mol.